The van der Waals surface area contributed by atoms with E-state index < -0.39 is 14.6 Å². The lowest BCUT2D eigenvalue weighted by Gasteiger charge is -2.40. The summed E-state index contributed by atoms with van der Waals surface area (Å²) >= 11 is 5.94. The van der Waals surface area contributed by atoms with Crippen molar-refractivity contribution in [1.82, 2.24) is 0 Å². The normalized spacial score (nSPS) is 24.3. The monoisotopic (exact) mass is 285 g/mol. The fourth-order valence-electron chi connectivity index (χ4n) is 3.09. The van der Waals surface area contributed by atoms with Crippen LogP contribution < -0.4 is 5.32 Å². The van der Waals surface area contributed by atoms with Gasteiger partial charge in [0.05, 0.1) is 15.3 Å². The van der Waals surface area contributed by atoms with E-state index in [9.17, 15) is 8.42 Å². The van der Waals surface area contributed by atoms with E-state index in [1.54, 1.807) is 18.2 Å². The van der Waals surface area contributed by atoms with Crippen LogP contribution in [0.15, 0.2) is 23.1 Å². The number of halogens is 1. The van der Waals surface area contributed by atoms with Crippen LogP contribution in [0.5, 0.6) is 0 Å². The number of hydrogen-bond acceptors (Lipinski definition) is 3. The molecular weight excluding hydrogens is 270 g/mol. The molecule has 0 unspecified atom stereocenters. The molecule has 3 rings (SSSR count). The van der Waals surface area contributed by atoms with Crippen molar-refractivity contribution in [3.05, 3.63) is 23.2 Å². The van der Waals surface area contributed by atoms with Gasteiger partial charge in [0.25, 0.3) is 0 Å². The second-order valence-electron chi connectivity index (χ2n) is 5.24. The zero-order valence-electron chi connectivity index (χ0n) is 10.1. The standard InChI is InChI=1S/C13H16ClNO2S/c14-10-4-5-11-12(8-10)18(16,17)13(9-15-11)6-2-1-3-7-13/h4-5,8,15H,1-3,6-7,9H2. The summed E-state index contributed by atoms with van der Waals surface area (Å²) in [7, 11) is -3.27. The lowest BCUT2D eigenvalue weighted by Crippen LogP contribution is -2.49. The molecule has 0 radical (unpaired) electrons. The van der Waals surface area contributed by atoms with Crippen LogP contribution >= 0.6 is 11.6 Å². The van der Waals surface area contributed by atoms with E-state index in [2.05, 4.69) is 5.32 Å². The van der Waals surface area contributed by atoms with Crippen molar-refractivity contribution >= 4 is 27.1 Å². The molecule has 1 N–H and O–H groups in total. The summed E-state index contributed by atoms with van der Waals surface area (Å²) in [6.45, 7) is 0.532. The maximum absolute atomic E-state index is 12.8. The van der Waals surface area contributed by atoms with Gasteiger partial charge in [0.2, 0.25) is 0 Å². The van der Waals surface area contributed by atoms with E-state index in [4.69, 9.17) is 11.6 Å². The molecule has 3 nitrogen and oxygen atoms in total. The van der Waals surface area contributed by atoms with Gasteiger partial charge >= 0.3 is 0 Å². The Balaban J connectivity index is 2.15. The van der Waals surface area contributed by atoms with Crippen molar-refractivity contribution in [2.24, 2.45) is 0 Å². The average Bonchev–Trinajstić information content (AvgIpc) is 2.37. The van der Waals surface area contributed by atoms with E-state index in [0.717, 1.165) is 32.1 Å². The van der Waals surface area contributed by atoms with Crippen LogP contribution in [0.25, 0.3) is 0 Å². The Kier molecular flexibility index (Phi) is 2.83. The minimum atomic E-state index is -3.27. The summed E-state index contributed by atoms with van der Waals surface area (Å²) in [5.41, 5.74) is 0.690. The summed E-state index contributed by atoms with van der Waals surface area (Å²) in [5, 5.41) is 3.75. The van der Waals surface area contributed by atoms with Crippen molar-refractivity contribution in [2.75, 3.05) is 11.9 Å². The zero-order valence-corrected chi connectivity index (χ0v) is 11.6. The minimum Gasteiger partial charge on any atom is -0.382 e. The molecule has 98 valence electrons. The Bertz CT molecular complexity index is 577. The zero-order chi connectivity index (χ0) is 12.8. The van der Waals surface area contributed by atoms with Crippen molar-refractivity contribution in [2.45, 2.75) is 41.7 Å². The summed E-state index contributed by atoms with van der Waals surface area (Å²) in [6, 6.07) is 5.06. The maximum atomic E-state index is 12.8. The molecule has 1 aromatic carbocycles. The largest absolute Gasteiger partial charge is 0.382 e. The first-order valence-corrected chi connectivity index (χ1v) is 8.19. The molecule has 2 aliphatic rings. The SMILES string of the molecule is O=S1(=O)c2cc(Cl)ccc2NCC12CCCCC2. The number of hydrogen-bond donors (Lipinski definition) is 1. The Hall–Kier alpha value is -0.740. The number of sulfone groups is 1. The van der Waals surface area contributed by atoms with Gasteiger partial charge in [-0.3, -0.25) is 0 Å². The van der Waals surface area contributed by atoms with Gasteiger partial charge in [-0.15, -0.1) is 0 Å². The van der Waals surface area contributed by atoms with E-state index in [0.29, 0.717) is 22.2 Å². The first kappa shape index (κ1) is 12.3. The third-order valence-electron chi connectivity index (χ3n) is 4.17. The molecular formula is C13H16ClNO2S. The molecule has 0 aromatic heterocycles. The van der Waals surface area contributed by atoms with E-state index >= 15 is 0 Å². The van der Waals surface area contributed by atoms with Crippen LogP contribution in [0.1, 0.15) is 32.1 Å². The fourth-order valence-corrected chi connectivity index (χ4v) is 5.59. The molecule has 0 bridgehead atoms. The van der Waals surface area contributed by atoms with E-state index in [1.165, 1.54) is 0 Å². The lowest BCUT2D eigenvalue weighted by atomic mass is 9.88. The minimum absolute atomic E-state index is 0.378. The van der Waals surface area contributed by atoms with Crippen LogP contribution in [0.4, 0.5) is 5.69 Å². The summed E-state index contributed by atoms with van der Waals surface area (Å²) in [6.07, 6.45) is 4.65. The summed E-state index contributed by atoms with van der Waals surface area (Å²) in [4.78, 5) is 0.378. The molecule has 0 saturated heterocycles. The van der Waals surface area contributed by atoms with Crippen molar-refractivity contribution in [3.8, 4) is 0 Å². The number of anilines is 1. The molecule has 1 aliphatic carbocycles. The van der Waals surface area contributed by atoms with Gasteiger partial charge in [0, 0.05) is 11.6 Å². The van der Waals surface area contributed by atoms with Crippen LogP contribution in [0.3, 0.4) is 0 Å². The summed E-state index contributed by atoms with van der Waals surface area (Å²) < 4.78 is 25.1. The van der Waals surface area contributed by atoms with Gasteiger partial charge < -0.3 is 5.32 Å². The molecule has 0 amide bonds. The highest BCUT2D eigenvalue weighted by Crippen LogP contribution is 2.44. The molecule has 1 aliphatic heterocycles. The smallest absolute Gasteiger partial charge is 0.187 e. The van der Waals surface area contributed by atoms with Crippen molar-refractivity contribution < 1.29 is 8.42 Å². The molecule has 1 saturated carbocycles. The molecule has 1 fully saturated rings. The van der Waals surface area contributed by atoms with Crippen LogP contribution in [-0.2, 0) is 9.84 Å². The molecule has 0 atom stereocenters. The number of benzene rings is 1. The molecule has 1 heterocycles. The highest BCUT2D eigenvalue weighted by Gasteiger charge is 2.48. The van der Waals surface area contributed by atoms with Crippen molar-refractivity contribution in [1.29, 1.82) is 0 Å². The molecule has 18 heavy (non-hydrogen) atoms. The third-order valence-corrected chi connectivity index (χ3v) is 7.01. The van der Waals surface area contributed by atoms with Gasteiger partial charge in [-0.2, -0.15) is 0 Å². The van der Waals surface area contributed by atoms with Gasteiger partial charge in [0.15, 0.2) is 9.84 Å². The predicted octanol–water partition coefficient (Wildman–Crippen LogP) is 3.24. The maximum Gasteiger partial charge on any atom is 0.187 e. The van der Waals surface area contributed by atoms with E-state index in [-0.39, 0.29) is 0 Å². The second-order valence-corrected chi connectivity index (χ2v) is 7.99. The first-order chi connectivity index (χ1) is 8.55. The molecule has 1 spiro atoms. The summed E-state index contributed by atoms with van der Waals surface area (Å²) in [5.74, 6) is 0. The van der Waals surface area contributed by atoms with Gasteiger partial charge in [-0.05, 0) is 31.0 Å². The van der Waals surface area contributed by atoms with Crippen LogP contribution in [0.2, 0.25) is 5.02 Å². The van der Waals surface area contributed by atoms with E-state index in [1.807, 2.05) is 0 Å². The Morgan fingerprint density at radius 2 is 1.89 bits per heavy atom. The quantitative estimate of drug-likeness (QED) is 0.796. The van der Waals surface area contributed by atoms with Crippen molar-refractivity contribution in [3.63, 3.8) is 0 Å². The highest BCUT2D eigenvalue weighted by atomic mass is 35.5. The number of nitrogens with one attached hydrogen (secondary N) is 1. The lowest BCUT2D eigenvalue weighted by molar-refractivity contribution is 0.381. The first-order valence-electron chi connectivity index (χ1n) is 6.33. The highest BCUT2D eigenvalue weighted by molar-refractivity contribution is 7.93. The average molecular weight is 286 g/mol. The number of rotatable bonds is 0. The van der Waals surface area contributed by atoms with Gasteiger partial charge in [-0.1, -0.05) is 30.9 Å². The second kappa shape index (κ2) is 4.14. The van der Waals surface area contributed by atoms with Crippen LogP contribution in [0, 0.1) is 0 Å². The Morgan fingerprint density at radius 3 is 2.61 bits per heavy atom. The van der Waals surface area contributed by atoms with Crippen LogP contribution in [-0.4, -0.2) is 19.7 Å². The molecule has 5 heteroatoms. The Labute approximate surface area is 112 Å². The predicted molar refractivity (Wildman–Crippen MR) is 72.9 cm³/mol. The Morgan fingerprint density at radius 1 is 1.17 bits per heavy atom. The van der Waals surface area contributed by atoms with Gasteiger partial charge in [0.1, 0.15) is 0 Å². The van der Waals surface area contributed by atoms with Gasteiger partial charge in [-0.25, -0.2) is 8.42 Å². The third kappa shape index (κ3) is 1.66. The topological polar surface area (TPSA) is 46.2 Å². The molecule has 1 aromatic rings. The number of fused-ring (bicyclic) bond motifs is 1. The fraction of sp³-hybridized carbons (Fsp3) is 0.538.